The van der Waals surface area contributed by atoms with Crippen LogP contribution in [0.15, 0.2) is 29.8 Å². The summed E-state index contributed by atoms with van der Waals surface area (Å²) in [5.74, 6) is 0.312. The smallest absolute Gasteiger partial charge is 0.161 e. The largest absolute Gasteiger partial charge is 0.398 e. The summed E-state index contributed by atoms with van der Waals surface area (Å²) < 4.78 is 0. The number of carbonyl (C=O) groups is 1. The number of rotatable bonds is 5. The lowest BCUT2D eigenvalue weighted by Crippen LogP contribution is -2.10. The predicted octanol–water partition coefficient (Wildman–Crippen LogP) is 3.14. The molecule has 0 saturated carbocycles. The van der Waals surface area contributed by atoms with Crippen LogP contribution in [0.25, 0.3) is 0 Å². The Labute approximate surface area is 116 Å². The molecule has 1 aromatic carbocycles. The van der Waals surface area contributed by atoms with Crippen LogP contribution in [-0.4, -0.2) is 17.3 Å². The Morgan fingerprint density at radius 2 is 2.32 bits per heavy atom. The van der Waals surface area contributed by atoms with Crippen molar-refractivity contribution < 1.29 is 4.79 Å². The lowest BCUT2D eigenvalue weighted by atomic mass is 10.1. The van der Waals surface area contributed by atoms with E-state index in [1.54, 1.807) is 23.5 Å². The first-order valence-corrected chi connectivity index (χ1v) is 6.99. The number of nitrogens with one attached hydrogen (secondary N) is 1. The van der Waals surface area contributed by atoms with Crippen molar-refractivity contribution in [1.29, 1.82) is 0 Å². The van der Waals surface area contributed by atoms with Crippen molar-refractivity contribution in [2.45, 2.75) is 19.8 Å². The number of ketones is 1. The molecule has 1 unspecified atom stereocenters. The Balaban J connectivity index is 2.04. The van der Waals surface area contributed by atoms with Gasteiger partial charge >= 0.3 is 0 Å². The van der Waals surface area contributed by atoms with Gasteiger partial charge in [-0.05, 0) is 25.1 Å². The highest BCUT2D eigenvalue weighted by Crippen LogP contribution is 2.21. The Morgan fingerprint density at radius 3 is 2.95 bits per heavy atom. The molecule has 1 aromatic heterocycles. The molecule has 4 nitrogen and oxygen atoms in total. The summed E-state index contributed by atoms with van der Waals surface area (Å²) in [5.41, 5.74) is 7.75. The van der Waals surface area contributed by atoms with Crippen molar-refractivity contribution in [1.82, 2.24) is 4.98 Å². The van der Waals surface area contributed by atoms with Crippen LogP contribution in [-0.2, 0) is 0 Å². The molecule has 0 aliphatic carbocycles. The van der Waals surface area contributed by atoms with Crippen molar-refractivity contribution in [2.75, 3.05) is 17.6 Å². The van der Waals surface area contributed by atoms with E-state index in [2.05, 4.69) is 17.2 Å². The van der Waals surface area contributed by atoms with Crippen LogP contribution in [0.5, 0.6) is 0 Å². The predicted molar refractivity (Wildman–Crippen MR) is 79.9 cm³/mol. The third kappa shape index (κ3) is 3.32. The van der Waals surface area contributed by atoms with Crippen molar-refractivity contribution in [3.63, 3.8) is 0 Å². The van der Waals surface area contributed by atoms with Gasteiger partial charge in [-0.2, -0.15) is 0 Å². The second-order valence-electron chi connectivity index (χ2n) is 4.51. The normalized spacial score (nSPS) is 12.1. The van der Waals surface area contributed by atoms with Gasteiger partial charge < -0.3 is 11.1 Å². The summed E-state index contributed by atoms with van der Waals surface area (Å²) in [4.78, 5) is 15.7. The quantitative estimate of drug-likeness (QED) is 0.649. The molecule has 2 aromatic rings. The van der Waals surface area contributed by atoms with Gasteiger partial charge in [0.25, 0.3) is 0 Å². The van der Waals surface area contributed by atoms with Crippen LogP contribution < -0.4 is 11.1 Å². The number of nitrogens with two attached hydrogens (primary N) is 1. The Bertz CT molecular complexity index is 566. The summed E-state index contributed by atoms with van der Waals surface area (Å²) in [7, 11) is 0. The van der Waals surface area contributed by atoms with Gasteiger partial charge in [-0.15, -0.1) is 11.3 Å². The Hall–Kier alpha value is -1.88. The second kappa shape index (κ2) is 5.84. The number of thiazole rings is 1. The molecule has 2 rings (SSSR count). The maximum atomic E-state index is 11.4. The first-order chi connectivity index (χ1) is 9.08. The highest BCUT2D eigenvalue weighted by Gasteiger charge is 2.09. The van der Waals surface area contributed by atoms with E-state index in [4.69, 9.17) is 5.73 Å². The summed E-state index contributed by atoms with van der Waals surface area (Å²) in [6.45, 7) is 4.41. The summed E-state index contributed by atoms with van der Waals surface area (Å²) in [5, 5.41) is 6.40. The standard InChI is InChI=1S/C14H17N3OS/c1-9(14-16-5-6-19-14)8-17-11-3-4-13(15)12(7-11)10(2)18/h3-7,9,17H,8,15H2,1-2H3. The van der Waals surface area contributed by atoms with Crippen molar-refractivity contribution in [2.24, 2.45) is 0 Å². The highest BCUT2D eigenvalue weighted by molar-refractivity contribution is 7.09. The van der Waals surface area contributed by atoms with Crippen molar-refractivity contribution in [3.05, 3.63) is 40.3 Å². The number of nitrogens with zero attached hydrogens (tertiary/aromatic N) is 1. The minimum Gasteiger partial charge on any atom is -0.398 e. The number of aromatic nitrogens is 1. The van der Waals surface area contributed by atoms with E-state index < -0.39 is 0 Å². The molecule has 0 bridgehead atoms. The number of carbonyl (C=O) groups excluding carboxylic acids is 1. The minimum absolute atomic E-state index is 0.0193. The number of anilines is 2. The number of benzene rings is 1. The van der Waals surface area contributed by atoms with Gasteiger partial charge in [-0.1, -0.05) is 6.92 Å². The van der Waals surface area contributed by atoms with Crippen LogP contribution in [0.3, 0.4) is 0 Å². The van der Waals surface area contributed by atoms with Gasteiger partial charge in [0.05, 0.1) is 5.01 Å². The lowest BCUT2D eigenvalue weighted by Gasteiger charge is -2.12. The summed E-state index contributed by atoms with van der Waals surface area (Å²) in [6, 6.07) is 5.44. The van der Waals surface area contributed by atoms with E-state index >= 15 is 0 Å². The third-order valence-electron chi connectivity index (χ3n) is 2.92. The molecular weight excluding hydrogens is 258 g/mol. The maximum absolute atomic E-state index is 11.4. The molecule has 0 amide bonds. The molecule has 0 spiro atoms. The number of hydrogen-bond donors (Lipinski definition) is 2. The average Bonchev–Trinajstić information content (AvgIpc) is 2.91. The minimum atomic E-state index is -0.0193. The molecule has 3 N–H and O–H groups in total. The van der Waals surface area contributed by atoms with Crippen LogP contribution in [0, 0.1) is 0 Å². The molecule has 100 valence electrons. The maximum Gasteiger partial charge on any atom is 0.161 e. The average molecular weight is 275 g/mol. The Morgan fingerprint density at radius 1 is 1.53 bits per heavy atom. The van der Waals surface area contributed by atoms with Crippen molar-refractivity contribution >= 4 is 28.5 Å². The SMILES string of the molecule is CC(=O)c1cc(NCC(C)c2nccs2)ccc1N. The van der Waals surface area contributed by atoms with Gasteiger partial charge in [-0.3, -0.25) is 4.79 Å². The van der Waals surface area contributed by atoms with E-state index in [9.17, 15) is 4.79 Å². The van der Waals surface area contributed by atoms with Crippen LogP contribution in [0.2, 0.25) is 0 Å². The molecule has 0 aliphatic heterocycles. The van der Waals surface area contributed by atoms with Crippen LogP contribution in [0.1, 0.15) is 35.1 Å². The zero-order valence-corrected chi connectivity index (χ0v) is 11.8. The summed E-state index contributed by atoms with van der Waals surface area (Å²) >= 11 is 1.65. The molecule has 1 heterocycles. The van der Waals surface area contributed by atoms with Crippen LogP contribution >= 0.6 is 11.3 Å². The van der Waals surface area contributed by atoms with Gasteiger partial charge in [0.1, 0.15) is 0 Å². The monoisotopic (exact) mass is 275 g/mol. The molecule has 0 fully saturated rings. The number of hydrogen-bond acceptors (Lipinski definition) is 5. The van der Waals surface area contributed by atoms with Gasteiger partial charge in [0.15, 0.2) is 5.78 Å². The fourth-order valence-electron chi connectivity index (χ4n) is 1.81. The topological polar surface area (TPSA) is 68.0 Å². The van der Waals surface area contributed by atoms with Gasteiger partial charge in [0, 0.05) is 41.0 Å². The van der Waals surface area contributed by atoms with Gasteiger partial charge in [0.2, 0.25) is 0 Å². The van der Waals surface area contributed by atoms with Gasteiger partial charge in [-0.25, -0.2) is 4.98 Å². The van der Waals surface area contributed by atoms with E-state index in [0.717, 1.165) is 17.2 Å². The second-order valence-corrected chi connectivity index (χ2v) is 5.44. The Kier molecular flexibility index (Phi) is 4.16. The van der Waals surface area contributed by atoms with Crippen LogP contribution in [0.4, 0.5) is 11.4 Å². The highest BCUT2D eigenvalue weighted by atomic mass is 32.1. The molecule has 0 radical (unpaired) electrons. The number of nitrogen functional groups attached to an aromatic ring is 1. The zero-order chi connectivity index (χ0) is 13.8. The zero-order valence-electron chi connectivity index (χ0n) is 11.0. The van der Waals surface area contributed by atoms with Crippen molar-refractivity contribution in [3.8, 4) is 0 Å². The van der Waals surface area contributed by atoms with E-state index in [1.807, 2.05) is 17.6 Å². The molecule has 0 saturated heterocycles. The fraction of sp³-hybridized carbons (Fsp3) is 0.286. The first-order valence-electron chi connectivity index (χ1n) is 6.11. The fourth-order valence-corrected chi connectivity index (χ4v) is 2.51. The molecular formula is C14H17N3OS. The molecule has 0 aliphatic rings. The summed E-state index contributed by atoms with van der Waals surface area (Å²) in [6.07, 6.45) is 1.81. The third-order valence-corrected chi connectivity index (χ3v) is 3.93. The number of Topliss-reactive ketones (excluding diaryl/α,β-unsaturated/α-hetero) is 1. The molecule has 1 atom stereocenters. The van der Waals surface area contributed by atoms with E-state index in [1.165, 1.54) is 6.92 Å². The molecule has 5 heteroatoms. The molecule has 19 heavy (non-hydrogen) atoms. The van der Waals surface area contributed by atoms with E-state index in [0.29, 0.717) is 17.2 Å². The first kappa shape index (κ1) is 13.5. The van der Waals surface area contributed by atoms with E-state index in [-0.39, 0.29) is 5.78 Å². The lowest BCUT2D eigenvalue weighted by molar-refractivity contribution is 0.101.